The number of hydrogen-bond donors (Lipinski definition) is 2. The molecule has 0 radical (unpaired) electrons. The highest BCUT2D eigenvalue weighted by Gasteiger charge is 2.12. The summed E-state index contributed by atoms with van der Waals surface area (Å²) in [6, 6.07) is 0. The van der Waals surface area contributed by atoms with Crippen molar-refractivity contribution in [1.29, 1.82) is 0 Å². The van der Waals surface area contributed by atoms with Crippen molar-refractivity contribution in [3.05, 3.63) is 15.3 Å². The molecule has 2 aromatic heterocycles. The lowest BCUT2D eigenvalue weighted by Gasteiger charge is -2.12. The maximum atomic E-state index is 11.5. The topological polar surface area (TPSA) is 87.2 Å². The van der Waals surface area contributed by atoms with Crippen LogP contribution < -0.4 is 10.0 Å². The third kappa shape index (κ3) is 6.00. The van der Waals surface area contributed by atoms with Crippen LogP contribution in [0.15, 0.2) is 5.38 Å². The van der Waals surface area contributed by atoms with Gasteiger partial charge in [-0.2, -0.15) is 12.7 Å². The van der Waals surface area contributed by atoms with Crippen LogP contribution in [0.5, 0.6) is 0 Å². The molecule has 2 heterocycles. The van der Waals surface area contributed by atoms with Gasteiger partial charge in [0.1, 0.15) is 11.4 Å². The molecule has 2 rings (SSSR count). The van der Waals surface area contributed by atoms with Crippen molar-refractivity contribution in [2.45, 2.75) is 33.1 Å². The van der Waals surface area contributed by atoms with E-state index < -0.39 is 10.2 Å². The van der Waals surface area contributed by atoms with Gasteiger partial charge in [0.05, 0.1) is 5.01 Å². The van der Waals surface area contributed by atoms with Crippen LogP contribution in [0.1, 0.15) is 29.1 Å². The van der Waals surface area contributed by atoms with Gasteiger partial charge in [0.2, 0.25) is 0 Å². The molecular formula is C15H25N5O2S3. The standard InChI is InChI=1S/C15H25N5O2S3/c1-11-14(18-12(2)24-11)13-10-23-15(19-13)16-8-6-5-7-9-17-25(21,22)20(3)4/h10,17H,5-9H2,1-4H3,(H,16,19). The van der Waals surface area contributed by atoms with Crippen LogP contribution in [0.3, 0.4) is 0 Å². The lowest BCUT2D eigenvalue weighted by Crippen LogP contribution is -2.36. The second-order valence-corrected chi connectivity index (χ2v) is 10.1. The Hall–Kier alpha value is -1.07. The summed E-state index contributed by atoms with van der Waals surface area (Å²) >= 11 is 3.27. The van der Waals surface area contributed by atoms with Crippen LogP contribution in [-0.4, -0.2) is 49.9 Å². The van der Waals surface area contributed by atoms with Crippen molar-refractivity contribution < 1.29 is 8.42 Å². The summed E-state index contributed by atoms with van der Waals surface area (Å²) in [5.74, 6) is 0. The van der Waals surface area contributed by atoms with Crippen molar-refractivity contribution >= 4 is 38.0 Å². The van der Waals surface area contributed by atoms with Gasteiger partial charge in [-0.15, -0.1) is 22.7 Å². The van der Waals surface area contributed by atoms with Gasteiger partial charge in [0, 0.05) is 37.4 Å². The number of nitrogens with zero attached hydrogens (tertiary/aromatic N) is 3. The van der Waals surface area contributed by atoms with Crippen LogP contribution in [0.2, 0.25) is 0 Å². The molecule has 25 heavy (non-hydrogen) atoms. The highest BCUT2D eigenvalue weighted by molar-refractivity contribution is 7.87. The fourth-order valence-corrected chi connectivity index (χ4v) is 4.39. The molecule has 10 heteroatoms. The Morgan fingerprint density at radius 1 is 1.12 bits per heavy atom. The molecule has 0 saturated carbocycles. The Labute approximate surface area is 157 Å². The first kappa shape index (κ1) is 20.2. The molecule has 0 spiro atoms. The number of thiazole rings is 2. The van der Waals surface area contributed by atoms with Crippen LogP contribution in [-0.2, 0) is 10.2 Å². The third-order valence-electron chi connectivity index (χ3n) is 3.55. The van der Waals surface area contributed by atoms with Gasteiger partial charge in [-0.1, -0.05) is 6.42 Å². The van der Waals surface area contributed by atoms with Gasteiger partial charge in [0.15, 0.2) is 5.13 Å². The second-order valence-electron chi connectivity index (χ2n) is 5.84. The molecule has 0 saturated heterocycles. The summed E-state index contributed by atoms with van der Waals surface area (Å²) in [5.41, 5.74) is 1.90. The first-order valence-corrected chi connectivity index (χ1v) is 11.2. The maximum Gasteiger partial charge on any atom is 0.278 e. The predicted molar refractivity (Wildman–Crippen MR) is 106 cm³/mol. The van der Waals surface area contributed by atoms with Crippen LogP contribution in [0.25, 0.3) is 11.4 Å². The van der Waals surface area contributed by atoms with E-state index in [-0.39, 0.29) is 0 Å². The van der Waals surface area contributed by atoms with Crippen molar-refractivity contribution in [1.82, 2.24) is 19.0 Å². The zero-order valence-electron chi connectivity index (χ0n) is 15.0. The number of aromatic nitrogens is 2. The number of aryl methyl sites for hydroxylation is 2. The second kappa shape index (κ2) is 9.04. The highest BCUT2D eigenvalue weighted by Crippen LogP contribution is 2.29. The summed E-state index contributed by atoms with van der Waals surface area (Å²) in [7, 11) is -0.271. The van der Waals surface area contributed by atoms with Gasteiger partial charge in [0.25, 0.3) is 10.2 Å². The minimum absolute atomic E-state index is 0.463. The number of hydrogen-bond acceptors (Lipinski definition) is 7. The summed E-state index contributed by atoms with van der Waals surface area (Å²) in [4.78, 5) is 10.3. The van der Waals surface area contributed by atoms with Gasteiger partial charge in [-0.3, -0.25) is 0 Å². The Morgan fingerprint density at radius 3 is 2.48 bits per heavy atom. The van der Waals surface area contributed by atoms with E-state index in [9.17, 15) is 8.42 Å². The third-order valence-corrected chi connectivity index (χ3v) is 6.76. The quantitative estimate of drug-likeness (QED) is 0.596. The Kier molecular flexibility index (Phi) is 7.32. The minimum Gasteiger partial charge on any atom is -0.362 e. The lowest BCUT2D eigenvalue weighted by atomic mass is 10.2. The number of rotatable bonds is 10. The van der Waals surface area contributed by atoms with E-state index in [0.29, 0.717) is 6.54 Å². The highest BCUT2D eigenvalue weighted by atomic mass is 32.2. The summed E-state index contributed by atoms with van der Waals surface area (Å²) < 4.78 is 26.8. The van der Waals surface area contributed by atoms with Crippen molar-refractivity contribution in [3.63, 3.8) is 0 Å². The maximum absolute atomic E-state index is 11.5. The Bertz CT molecular complexity index is 783. The monoisotopic (exact) mass is 403 g/mol. The normalized spacial score (nSPS) is 12.0. The van der Waals surface area contributed by atoms with Gasteiger partial charge < -0.3 is 5.32 Å². The van der Waals surface area contributed by atoms with Crippen LogP contribution in [0.4, 0.5) is 5.13 Å². The molecule has 0 aromatic carbocycles. The Balaban J connectivity index is 1.67. The zero-order chi connectivity index (χ0) is 18.4. The van der Waals surface area contributed by atoms with E-state index in [1.165, 1.54) is 23.3 Å². The summed E-state index contributed by atoms with van der Waals surface area (Å²) in [5, 5.41) is 7.30. The van der Waals surface area contributed by atoms with Crippen LogP contribution in [0, 0.1) is 13.8 Å². The average Bonchev–Trinajstić information content (AvgIpc) is 3.12. The molecule has 0 atom stereocenters. The molecule has 0 bridgehead atoms. The average molecular weight is 404 g/mol. The van der Waals surface area contributed by atoms with Crippen molar-refractivity contribution in [2.24, 2.45) is 0 Å². The molecule has 0 aliphatic heterocycles. The molecule has 7 nitrogen and oxygen atoms in total. The van der Waals surface area contributed by atoms with E-state index in [2.05, 4.69) is 26.9 Å². The fourth-order valence-electron chi connectivity index (χ4n) is 2.18. The molecule has 0 unspecified atom stereocenters. The van der Waals surface area contributed by atoms with Gasteiger partial charge >= 0.3 is 0 Å². The first-order chi connectivity index (χ1) is 11.8. The molecule has 0 fully saturated rings. The van der Waals surface area contributed by atoms with Gasteiger partial charge in [-0.25, -0.2) is 14.7 Å². The smallest absolute Gasteiger partial charge is 0.278 e. The van der Waals surface area contributed by atoms with Crippen molar-refractivity contribution in [3.8, 4) is 11.4 Å². The number of anilines is 1. The summed E-state index contributed by atoms with van der Waals surface area (Å²) in [6.45, 7) is 5.36. The predicted octanol–water partition coefficient (Wildman–Crippen LogP) is 2.86. The zero-order valence-corrected chi connectivity index (χ0v) is 17.4. The molecular weight excluding hydrogens is 378 g/mol. The summed E-state index contributed by atoms with van der Waals surface area (Å²) in [6.07, 6.45) is 2.73. The molecule has 0 aliphatic rings. The molecule has 0 amide bonds. The van der Waals surface area contributed by atoms with Crippen molar-refractivity contribution in [2.75, 3.05) is 32.5 Å². The number of nitrogens with one attached hydrogen (secondary N) is 2. The van der Waals surface area contributed by atoms with E-state index >= 15 is 0 Å². The van der Waals surface area contributed by atoms with Crippen LogP contribution >= 0.6 is 22.7 Å². The molecule has 2 N–H and O–H groups in total. The Morgan fingerprint density at radius 2 is 1.84 bits per heavy atom. The lowest BCUT2D eigenvalue weighted by molar-refractivity contribution is 0.502. The fraction of sp³-hybridized carbons (Fsp3) is 0.600. The number of unbranched alkanes of at least 4 members (excludes halogenated alkanes) is 2. The van der Waals surface area contributed by atoms with E-state index in [4.69, 9.17) is 0 Å². The first-order valence-electron chi connectivity index (χ1n) is 8.10. The SMILES string of the molecule is Cc1nc(-c2csc(NCCCCCNS(=O)(=O)N(C)C)n2)c(C)s1. The largest absolute Gasteiger partial charge is 0.362 e. The molecule has 0 aliphatic carbocycles. The van der Waals surface area contributed by atoms with E-state index in [1.807, 2.05) is 12.3 Å². The molecule has 2 aromatic rings. The van der Waals surface area contributed by atoms with E-state index in [1.54, 1.807) is 22.7 Å². The van der Waals surface area contributed by atoms with Gasteiger partial charge in [-0.05, 0) is 26.7 Å². The minimum atomic E-state index is -3.31. The molecule has 140 valence electrons. The van der Waals surface area contributed by atoms with E-state index in [0.717, 1.165) is 47.3 Å².